The van der Waals surface area contributed by atoms with Gasteiger partial charge in [0.1, 0.15) is 28.2 Å². The van der Waals surface area contributed by atoms with Gasteiger partial charge in [0.15, 0.2) is 5.43 Å². The minimum absolute atomic E-state index is 0.0212. The summed E-state index contributed by atoms with van der Waals surface area (Å²) in [5.41, 5.74) is 0.381. The largest absolute Gasteiger partial charge is 0.507 e. The van der Waals surface area contributed by atoms with Crippen molar-refractivity contribution in [2.45, 2.75) is 40.0 Å². The zero-order chi connectivity index (χ0) is 14.9. The first kappa shape index (κ1) is 14.4. The molecule has 4 nitrogen and oxygen atoms in total. The fourth-order valence-electron chi connectivity index (χ4n) is 2.23. The highest BCUT2D eigenvalue weighted by molar-refractivity contribution is 5.86. The van der Waals surface area contributed by atoms with Crippen LogP contribution in [0.15, 0.2) is 21.3 Å². The molecule has 0 aliphatic carbocycles. The van der Waals surface area contributed by atoms with Crippen molar-refractivity contribution in [1.29, 1.82) is 0 Å². The Balaban J connectivity index is 2.63. The van der Waals surface area contributed by atoms with Gasteiger partial charge in [0.25, 0.3) is 0 Å². The molecule has 0 aliphatic heterocycles. The van der Waals surface area contributed by atoms with Crippen LogP contribution in [-0.4, -0.2) is 10.2 Å². The van der Waals surface area contributed by atoms with E-state index < -0.39 is 0 Å². The summed E-state index contributed by atoms with van der Waals surface area (Å²) in [6, 6.07) is 2.82. The highest BCUT2D eigenvalue weighted by atomic mass is 16.3. The minimum Gasteiger partial charge on any atom is -0.507 e. The number of hydrogen-bond acceptors (Lipinski definition) is 4. The molecular weight excluding hydrogens is 256 g/mol. The van der Waals surface area contributed by atoms with Gasteiger partial charge in [-0.05, 0) is 18.8 Å². The average Bonchev–Trinajstić information content (AvgIpc) is 2.36. The summed E-state index contributed by atoms with van der Waals surface area (Å²) in [6.45, 7) is 6.01. The van der Waals surface area contributed by atoms with Crippen molar-refractivity contribution in [3.8, 4) is 11.5 Å². The van der Waals surface area contributed by atoms with Crippen LogP contribution in [0.5, 0.6) is 11.5 Å². The van der Waals surface area contributed by atoms with E-state index in [9.17, 15) is 15.0 Å². The molecule has 0 spiro atoms. The second-order valence-electron chi connectivity index (χ2n) is 5.46. The van der Waals surface area contributed by atoms with Crippen LogP contribution in [-0.2, 0) is 12.8 Å². The Morgan fingerprint density at radius 1 is 1.25 bits per heavy atom. The molecule has 2 aromatic rings. The maximum absolute atomic E-state index is 12.1. The van der Waals surface area contributed by atoms with Crippen LogP contribution in [0.1, 0.15) is 38.5 Å². The van der Waals surface area contributed by atoms with Crippen LogP contribution in [0.4, 0.5) is 0 Å². The zero-order valence-corrected chi connectivity index (χ0v) is 12.1. The Morgan fingerprint density at radius 2 is 1.95 bits per heavy atom. The van der Waals surface area contributed by atoms with Crippen LogP contribution in [0.3, 0.4) is 0 Å². The Kier molecular flexibility index (Phi) is 4.02. The third-order valence-corrected chi connectivity index (χ3v) is 3.45. The van der Waals surface area contributed by atoms with E-state index in [1.807, 2.05) is 6.92 Å². The molecule has 2 rings (SSSR count). The van der Waals surface area contributed by atoms with E-state index in [0.29, 0.717) is 30.1 Å². The molecule has 1 aromatic heterocycles. The van der Waals surface area contributed by atoms with Gasteiger partial charge >= 0.3 is 0 Å². The van der Waals surface area contributed by atoms with Crippen LogP contribution < -0.4 is 5.43 Å². The molecule has 1 aromatic carbocycles. The van der Waals surface area contributed by atoms with Gasteiger partial charge in [-0.2, -0.15) is 0 Å². The Labute approximate surface area is 117 Å². The van der Waals surface area contributed by atoms with Crippen LogP contribution in [0.2, 0.25) is 0 Å². The molecule has 0 aliphatic rings. The Morgan fingerprint density at radius 3 is 2.55 bits per heavy atom. The fourth-order valence-corrected chi connectivity index (χ4v) is 2.23. The van der Waals surface area contributed by atoms with Crippen molar-refractivity contribution in [1.82, 2.24) is 0 Å². The number of fused-ring (bicyclic) bond motifs is 1. The van der Waals surface area contributed by atoms with E-state index in [1.165, 1.54) is 12.1 Å². The van der Waals surface area contributed by atoms with E-state index >= 15 is 0 Å². The van der Waals surface area contributed by atoms with Gasteiger partial charge in [-0.3, -0.25) is 4.79 Å². The predicted molar refractivity (Wildman–Crippen MR) is 78.4 cm³/mol. The van der Waals surface area contributed by atoms with Gasteiger partial charge in [0.2, 0.25) is 0 Å². The quantitative estimate of drug-likeness (QED) is 0.898. The molecule has 0 saturated heterocycles. The SMILES string of the molecule is CCc1cc(=O)c2c(O)c(CCC(C)C)c(O)cc2o1. The number of aromatic hydroxyl groups is 2. The van der Waals surface area contributed by atoms with Crippen LogP contribution in [0, 0.1) is 5.92 Å². The number of phenols is 2. The molecule has 20 heavy (non-hydrogen) atoms. The molecule has 1 heterocycles. The number of rotatable bonds is 4. The number of benzene rings is 1. The summed E-state index contributed by atoms with van der Waals surface area (Å²) in [4.78, 5) is 12.1. The normalized spacial score (nSPS) is 11.4. The van der Waals surface area contributed by atoms with E-state index in [0.717, 1.165) is 6.42 Å². The Bertz CT molecular complexity index is 683. The lowest BCUT2D eigenvalue weighted by Crippen LogP contribution is -2.04. The van der Waals surface area contributed by atoms with E-state index in [-0.39, 0.29) is 27.9 Å². The van der Waals surface area contributed by atoms with Gasteiger partial charge < -0.3 is 14.6 Å². The molecule has 0 atom stereocenters. The molecule has 0 bridgehead atoms. The molecule has 0 unspecified atom stereocenters. The summed E-state index contributed by atoms with van der Waals surface area (Å²) in [5, 5.41) is 20.5. The van der Waals surface area contributed by atoms with Gasteiger partial charge in [-0.15, -0.1) is 0 Å². The lowest BCUT2D eigenvalue weighted by Gasteiger charge is -2.11. The summed E-state index contributed by atoms with van der Waals surface area (Å²) in [7, 11) is 0. The maximum atomic E-state index is 12.1. The second-order valence-corrected chi connectivity index (χ2v) is 5.46. The first-order chi connectivity index (χ1) is 9.43. The first-order valence-corrected chi connectivity index (χ1v) is 6.94. The minimum atomic E-state index is -0.272. The van der Waals surface area contributed by atoms with Gasteiger partial charge in [0.05, 0.1) is 0 Å². The highest BCUT2D eigenvalue weighted by Crippen LogP contribution is 2.35. The highest BCUT2D eigenvalue weighted by Gasteiger charge is 2.17. The van der Waals surface area contributed by atoms with Crippen molar-refractivity contribution in [2.24, 2.45) is 5.92 Å². The van der Waals surface area contributed by atoms with Crippen molar-refractivity contribution >= 4 is 11.0 Å². The monoisotopic (exact) mass is 276 g/mol. The number of phenolic OH excluding ortho intramolecular Hbond substituents is 2. The van der Waals surface area contributed by atoms with Crippen molar-refractivity contribution in [3.05, 3.63) is 33.7 Å². The standard InChI is InChI=1S/C16H20O4/c1-4-10-7-13(18)15-14(20-10)8-12(17)11(16(15)19)6-5-9(2)3/h7-9,17,19H,4-6H2,1-3H3. The third kappa shape index (κ3) is 2.64. The molecule has 0 fully saturated rings. The van der Waals surface area contributed by atoms with Crippen LogP contribution >= 0.6 is 0 Å². The third-order valence-electron chi connectivity index (χ3n) is 3.45. The fraction of sp³-hybridized carbons (Fsp3) is 0.438. The van der Waals surface area contributed by atoms with Gasteiger partial charge in [-0.25, -0.2) is 0 Å². The van der Waals surface area contributed by atoms with Crippen molar-refractivity contribution in [3.63, 3.8) is 0 Å². The maximum Gasteiger partial charge on any atom is 0.196 e. The number of hydrogen-bond donors (Lipinski definition) is 2. The second kappa shape index (κ2) is 5.57. The zero-order valence-electron chi connectivity index (χ0n) is 12.1. The first-order valence-electron chi connectivity index (χ1n) is 6.94. The average molecular weight is 276 g/mol. The van der Waals surface area contributed by atoms with E-state index in [4.69, 9.17) is 4.42 Å². The van der Waals surface area contributed by atoms with E-state index in [1.54, 1.807) is 0 Å². The lowest BCUT2D eigenvalue weighted by molar-refractivity contribution is 0.433. The molecule has 108 valence electrons. The molecule has 4 heteroatoms. The molecule has 0 amide bonds. The van der Waals surface area contributed by atoms with Crippen molar-refractivity contribution < 1.29 is 14.6 Å². The van der Waals surface area contributed by atoms with E-state index in [2.05, 4.69) is 13.8 Å². The lowest BCUT2D eigenvalue weighted by atomic mass is 9.99. The summed E-state index contributed by atoms with van der Waals surface area (Å²) >= 11 is 0. The van der Waals surface area contributed by atoms with Gasteiger partial charge in [-0.1, -0.05) is 20.8 Å². The molecule has 2 N–H and O–H groups in total. The predicted octanol–water partition coefficient (Wildman–Crippen LogP) is 3.36. The molecular formula is C16H20O4. The topological polar surface area (TPSA) is 70.7 Å². The van der Waals surface area contributed by atoms with Gasteiger partial charge in [0, 0.05) is 24.1 Å². The summed E-state index contributed by atoms with van der Waals surface area (Å²) < 4.78 is 5.51. The summed E-state index contributed by atoms with van der Waals surface area (Å²) in [6.07, 6.45) is 1.94. The number of aryl methyl sites for hydroxylation is 1. The molecule has 0 radical (unpaired) electrons. The Hall–Kier alpha value is -1.97. The van der Waals surface area contributed by atoms with Crippen molar-refractivity contribution in [2.75, 3.05) is 0 Å². The van der Waals surface area contributed by atoms with Crippen LogP contribution in [0.25, 0.3) is 11.0 Å². The summed E-state index contributed by atoms with van der Waals surface area (Å²) in [5.74, 6) is 0.809. The smallest absolute Gasteiger partial charge is 0.196 e. The molecule has 0 saturated carbocycles.